The Morgan fingerprint density at radius 3 is 2.37 bits per heavy atom. The van der Waals surface area contributed by atoms with Crippen LogP contribution in [0.4, 0.5) is 0 Å². The Balaban J connectivity index is 1.92. The second kappa shape index (κ2) is 4.82. The quantitative estimate of drug-likeness (QED) is 0.865. The first-order chi connectivity index (χ1) is 9.21. The van der Waals surface area contributed by atoms with Crippen molar-refractivity contribution < 1.29 is 5.11 Å². The number of hydrogen-bond acceptors (Lipinski definition) is 1. The Hall–Kier alpha value is -1.60. The lowest BCUT2D eigenvalue weighted by atomic mass is 9.76. The summed E-state index contributed by atoms with van der Waals surface area (Å²) in [4.78, 5) is 0. The van der Waals surface area contributed by atoms with Crippen LogP contribution in [0, 0.1) is 0 Å². The Morgan fingerprint density at radius 2 is 1.68 bits per heavy atom. The maximum absolute atomic E-state index is 11.0. The van der Waals surface area contributed by atoms with E-state index in [2.05, 4.69) is 55.5 Å². The van der Waals surface area contributed by atoms with Gasteiger partial charge in [-0.1, -0.05) is 55.5 Å². The highest BCUT2D eigenvalue weighted by molar-refractivity contribution is 5.36. The molecule has 0 bridgehead atoms. The van der Waals surface area contributed by atoms with E-state index in [1.54, 1.807) is 0 Å². The van der Waals surface area contributed by atoms with Crippen molar-refractivity contribution in [1.29, 1.82) is 0 Å². The molecular weight excluding hydrogens is 232 g/mol. The molecule has 2 aromatic rings. The third kappa shape index (κ3) is 2.31. The lowest BCUT2D eigenvalue weighted by molar-refractivity contribution is 0.0222. The molecule has 0 aliphatic heterocycles. The van der Waals surface area contributed by atoms with E-state index in [0.29, 0.717) is 0 Å². The van der Waals surface area contributed by atoms with Crippen molar-refractivity contribution in [1.82, 2.24) is 0 Å². The monoisotopic (exact) mass is 252 g/mol. The van der Waals surface area contributed by atoms with Gasteiger partial charge in [-0.2, -0.15) is 0 Å². The molecule has 0 heterocycles. The van der Waals surface area contributed by atoms with Crippen molar-refractivity contribution in [3.8, 4) is 0 Å². The molecule has 1 aliphatic rings. The largest absolute Gasteiger partial charge is 0.385 e. The highest BCUT2D eigenvalue weighted by Gasteiger charge is 2.33. The number of fused-ring (bicyclic) bond motifs is 1. The third-order valence-electron chi connectivity index (χ3n) is 4.31. The first kappa shape index (κ1) is 12.4. The van der Waals surface area contributed by atoms with Crippen molar-refractivity contribution in [2.75, 3.05) is 0 Å². The number of aryl methyl sites for hydroxylation is 2. The third-order valence-corrected chi connectivity index (χ3v) is 4.31. The van der Waals surface area contributed by atoms with Crippen molar-refractivity contribution in [2.24, 2.45) is 0 Å². The van der Waals surface area contributed by atoms with E-state index >= 15 is 0 Å². The standard InChI is InChI=1S/C18H20O/c1-2-14-7-9-17(10-8-14)18(19)12-11-15-5-3-4-6-16(15)13-18/h3-10,19H,2,11-13H2,1H3. The zero-order valence-corrected chi connectivity index (χ0v) is 11.4. The van der Waals surface area contributed by atoms with Crippen molar-refractivity contribution in [3.63, 3.8) is 0 Å². The minimum atomic E-state index is -0.694. The molecule has 1 nitrogen and oxygen atoms in total. The first-order valence-corrected chi connectivity index (χ1v) is 7.10. The second-order valence-corrected chi connectivity index (χ2v) is 5.53. The van der Waals surface area contributed by atoms with E-state index in [0.717, 1.165) is 31.2 Å². The van der Waals surface area contributed by atoms with Gasteiger partial charge < -0.3 is 5.11 Å². The maximum atomic E-state index is 11.0. The number of rotatable bonds is 2. The van der Waals surface area contributed by atoms with E-state index < -0.39 is 5.60 Å². The summed E-state index contributed by atoms with van der Waals surface area (Å²) in [6.45, 7) is 2.15. The lowest BCUT2D eigenvalue weighted by Gasteiger charge is -2.34. The number of benzene rings is 2. The van der Waals surface area contributed by atoms with E-state index in [1.165, 1.54) is 16.7 Å². The van der Waals surface area contributed by atoms with Crippen LogP contribution >= 0.6 is 0 Å². The van der Waals surface area contributed by atoms with Crippen LogP contribution < -0.4 is 0 Å². The van der Waals surface area contributed by atoms with E-state index in [9.17, 15) is 5.11 Å². The molecule has 0 fully saturated rings. The maximum Gasteiger partial charge on any atom is 0.0940 e. The molecule has 1 unspecified atom stereocenters. The molecule has 0 radical (unpaired) electrons. The molecule has 0 saturated carbocycles. The molecule has 1 heteroatoms. The van der Waals surface area contributed by atoms with Gasteiger partial charge >= 0.3 is 0 Å². The summed E-state index contributed by atoms with van der Waals surface area (Å²) in [7, 11) is 0. The summed E-state index contributed by atoms with van der Waals surface area (Å²) in [5, 5.41) is 11.0. The van der Waals surface area contributed by atoms with Crippen molar-refractivity contribution in [2.45, 2.75) is 38.2 Å². The fourth-order valence-corrected chi connectivity index (χ4v) is 3.02. The van der Waals surface area contributed by atoms with Crippen molar-refractivity contribution in [3.05, 3.63) is 70.8 Å². The topological polar surface area (TPSA) is 20.2 Å². The molecule has 1 atom stereocenters. The minimum Gasteiger partial charge on any atom is -0.385 e. The molecule has 1 N–H and O–H groups in total. The summed E-state index contributed by atoms with van der Waals surface area (Å²) in [6.07, 6.45) is 3.55. The fraction of sp³-hybridized carbons (Fsp3) is 0.333. The lowest BCUT2D eigenvalue weighted by Crippen LogP contribution is -2.33. The SMILES string of the molecule is CCc1ccc(C2(O)CCc3ccccc3C2)cc1. The highest BCUT2D eigenvalue weighted by atomic mass is 16.3. The number of aliphatic hydroxyl groups is 1. The molecule has 0 spiro atoms. The van der Waals surface area contributed by atoms with Crippen LogP contribution in [0.2, 0.25) is 0 Å². The molecule has 3 rings (SSSR count). The van der Waals surface area contributed by atoms with Crippen LogP contribution in [0.25, 0.3) is 0 Å². The predicted molar refractivity (Wildman–Crippen MR) is 78.2 cm³/mol. The van der Waals surface area contributed by atoms with Gasteiger partial charge in [0, 0.05) is 6.42 Å². The van der Waals surface area contributed by atoms with Crippen LogP contribution in [0.5, 0.6) is 0 Å². The summed E-state index contributed by atoms with van der Waals surface area (Å²) < 4.78 is 0. The highest BCUT2D eigenvalue weighted by Crippen LogP contribution is 2.36. The fourth-order valence-electron chi connectivity index (χ4n) is 3.02. The van der Waals surface area contributed by atoms with Gasteiger partial charge in [0.1, 0.15) is 0 Å². The normalized spacial score (nSPS) is 22.0. The van der Waals surface area contributed by atoms with E-state index in [1.807, 2.05) is 0 Å². The predicted octanol–water partition coefficient (Wildman–Crippen LogP) is 3.63. The van der Waals surface area contributed by atoms with Gasteiger partial charge in [0.2, 0.25) is 0 Å². The molecular formula is C18H20O. The van der Waals surface area contributed by atoms with Gasteiger partial charge in [0.25, 0.3) is 0 Å². The Morgan fingerprint density at radius 1 is 1.00 bits per heavy atom. The smallest absolute Gasteiger partial charge is 0.0940 e. The molecule has 0 saturated heterocycles. The molecule has 1 aliphatic carbocycles. The van der Waals surface area contributed by atoms with Crippen LogP contribution in [0.3, 0.4) is 0 Å². The first-order valence-electron chi connectivity index (χ1n) is 7.10. The average molecular weight is 252 g/mol. The van der Waals surface area contributed by atoms with Gasteiger partial charge in [0.05, 0.1) is 5.60 Å². The summed E-state index contributed by atoms with van der Waals surface area (Å²) in [5.74, 6) is 0. The molecule has 0 aromatic heterocycles. The molecule has 0 amide bonds. The van der Waals surface area contributed by atoms with Crippen molar-refractivity contribution >= 4 is 0 Å². The molecule has 19 heavy (non-hydrogen) atoms. The van der Waals surface area contributed by atoms with Gasteiger partial charge in [-0.05, 0) is 41.5 Å². The second-order valence-electron chi connectivity index (χ2n) is 5.53. The Bertz CT molecular complexity index is 570. The molecule has 2 aromatic carbocycles. The summed E-state index contributed by atoms with van der Waals surface area (Å²) in [6, 6.07) is 16.9. The Kier molecular flexibility index (Phi) is 3.16. The van der Waals surface area contributed by atoms with Crippen LogP contribution in [-0.2, 0) is 24.9 Å². The average Bonchev–Trinajstić information content (AvgIpc) is 2.47. The molecule has 98 valence electrons. The summed E-state index contributed by atoms with van der Waals surface area (Å²) in [5.41, 5.74) is 4.36. The summed E-state index contributed by atoms with van der Waals surface area (Å²) >= 11 is 0. The van der Waals surface area contributed by atoms with Gasteiger partial charge in [-0.25, -0.2) is 0 Å². The number of hydrogen-bond donors (Lipinski definition) is 1. The zero-order valence-electron chi connectivity index (χ0n) is 11.4. The van der Waals surface area contributed by atoms with Gasteiger partial charge in [-0.3, -0.25) is 0 Å². The van der Waals surface area contributed by atoms with E-state index in [4.69, 9.17) is 0 Å². The van der Waals surface area contributed by atoms with Crippen LogP contribution in [-0.4, -0.2) is 5.11 Å². The van der Waals surface area contributed by atoms with E-state index in [-0.39, 0.29) is 0 Å². The van der Waals surface area contributed by atoms with Gasteiger partial charge in [0.15, 0.2) is 0 Å². The Labute approximate surface area is 114 Å². The minimum absolute atomic E-state index is 0.694. The van der Waals surface area contributed by atoms with Gasteiger partial charge in [-0.15, -0.1) is 0 Å². The zero-order chi connectivity index (χ0) is 13.3. The van der Waals surface area contributed by atoms with Crippen LogP contribution in [0.15, 0.2) is 48.5 Å². The van der Waals surface area contributed by atoms with Crippen LogP contribution in [0.1, 0.15) is 35.6 Å².